The maximum absolute atomic E-state index is 9.44. The molecule has 0 unspecified atom stereocenters. The topological polar surface area (TPSA) is 68.9 Å². The first-order valence-corrected chi connectivity index (χ1v) is 4.34. The minimum Gasteiger partial charge on any atom is -0.389 e. The number of aliphatic hydroxyl groups is 1. The van der Waals surface area contributed by atoms with Crippen molar-refractivity contribution in [2.24, 2.45) is 0 Å². The van der Waals surface area contributed by atoms with Gasteiger partial charge in [0, 0.05) is 12.7 Å². The van der Waals surface area contributed by atoms with Crippen LogP contribution in [0.15, 0.2) is 18.3 Å². The van der Waals surface area contributed by atoms with Gasteiger partial charge in [-0.2, -0.15) is 5.26 Å². The van der Waals surface area contributed by atoms with Crippen molar-refractivity contribution in [1.29, 1.82) is 5.26 Å². The van der Waals surface area contributed by atoms with Gasteiger partial charge >= 0.3 is 0 Å². The number of hydrogen-bond acceptors (Lipinski definition) is 4. The van der Waals surface area contributed by atoms with Gasteiger partial charge < -0.3 is 10.4 Å². The Balaban J connectivity index is 2.58. The van der Waals surface area contributed by atoms with Crippen molar-refractivity contribution >= 4 is 5.82 Å². The number of nitrogens with one attached hydrogen (secondary N) is 1. The number of rotatable bonds is 3. The molecule has 2 N–H and O–H groups in total. The number of hydrogen-bond donors (Lipinski definition) is 2. The van der Waals surface area contributed by atoms with E-state index in [0.717, 1.165) is 0 Å². The van der Waals surface area contributed by atoms with Gasteiger partial charge in [0.25, 0.3) is 0 Å². The summed E-state index contributed by atoms with van der Waals surface area (Å²) in [5.41, 5.74) is -0.242. The highest BCUT2D eigenvalue weighted by Gasteiger charge is 2.11. The van der Waals surface area contributed by atoms with Crippen LogP contribution in [0, 0.1) is 11.3 Å². The van der Waals surface area contributed by atoms with Crippen molar-refractivity contribution < 1.29 is 5.11 Å². The van der Waals surface area contributed by atoms with Gasteiger partial charge in [0.05, 0.1) is 11.2 Å². The van der Waals surface area contributed by atoms with Gasteiger partial charge in [-0.3, -0.25) is 0 Å². The van der Waals surface area contributed by atoms with E-state index in [9.17, 15) is 5.11 Å². The Hall–Kier alpha value is -1.60. The number of nitrogens with zero attached hydrogens (tertiary/aromatic N) is 2. The summed E-state index contributed by atoms with van der Waals surface area (Å²) in [6.07, 6.45) is 1.49. The molecule has 0 radical (unpaired) electrons. The number of nitriles is 1. The van der Waals surface area contributed by atoms with E-state index in [-0.39, 0.29) is 0 Å². The van der Waals surface area contributed by atoms with Gasteiger partial charge in [0.15, 0.2) is 0 Å². The Morgan fingerprint density at radius 2 is 2.29 bits per heavy atom. The zero-order chi connectivity index (χ0) is 10.6. The van der Waals surface area contributed by atoms with E-state index < -0.39 is 5.60 Å². The summed E-state index contributed by atoms with van der Waals surface area (Å²) in [5.74, 6) is 0.658. The predicted octanol–water partition coefficient (Wildman–Crippen LogP) is 1.14. The molecule has 1 heterocycles. The number of anilines is 1. The van der Waals surface area contributed by atoms with Gasteiger partial charge in [0.1, 0.15) is 11.9 Å². The first-order valence-electron chi connectivity index (χ1n) is 4.34. The molecule has 74 valence electrons. The van der Waals surface area contributed by atoms with Crippen LogP contribution in [0.4, 0.5) is 5.82 Å². The van der Waals surface area contributed by atoms with Gasteiger partial charge in [-0.15, -0.1) is 0 Å². The van der Waals surface area contributed by atoms with E-state index in [1.54, 1.807) is 26.0 Å². The minimum atomic E-state index is -0.768. The molecule has 0 fully saturated rings. The quantitative estimate of drug-likeness (QED) is 0.751. The molecular weight excluding hydrogens is 178 g/mol. The van der Waals surface area contributed by atoms with Crippen LogP contribution in [0.1, 0.15) is 19.4 Å². The monoisotopic (exact) mass is 191 g/mol. The molecule has 0 aliphatic heterocycles. The van der Waals surface area contributed by atoms with E-state index in [1.165, 1.54) is 6.20 Å². The number of pyridine rings is 1. The van der Waals surface area contributed by atoms with Crippen LogP contribution in [0.5, 0.6) is 0 Å². The van der Waals surface area contributed by atoms with Crippen LogP contribution in [0.3, 0.4) is 0 Å². The normalized spacial score (nSPS) is 10.7. The highest BCUT2D eigenvalue weighted by atomic mass is 16.3. The molecule has 14 heavy (non-hydrogen) atoms. The highest BCUT2D eigenvalue weighted by molar-refractivity contribution is 5.39. The maximum atomic E-state index is 9.44. The predicted molar refractivity (Wildman–Crippen MR) is 53.7 cm³/mol. The number of aromatic nitrogens is 1. The van der Waals surface area contributed by atoms with Crippen molar-refractivity contribution in [3.8, 4) is 6.07 Å². The standard InChI is InChI=1S/C10H13N3O/c1-10(2,14)7-13-9-4-3-8(5-11)6-12-9/h3-4,6,14H,7H2,1-2H3,(H,12,13). The Morgan fingerprint density at radius 3 is 2.71 bits per heavy atom. The lowest BCUT2D eigenvalue weighted by molar-refractivity contribution is 0.0944. The summed E-state index contributed by atoms with van der Waals surface area (Å²) in [7, 11) is 0. The lowest BCUT2D eigenvalue weighted by atomic mass is 10.1. The lowest BCUT2D eigenvalue weighted by Crippen LogP contribution is -2.29. The lowest BCUT2D eigenvalue weighted by Gasteiger charge is -2.17. The van der Waals surface area contributed by atoms with Crippen LogP contribution in [0.25, 0.3) is 0 Å². The third-order valence-corrected chi connectivity index (χ3v) is 1.59. The Labute approximate surface area is 83.2 Å². The summed E-state index contributed by atoms with van der Waals surface area (Å²) in [5, 5.41) is 20.9. The molecule has 0 atom stereocenters. The van der Waals surface area contributed by atoms with E-state index >= 15 is 0 Å². The SMILES string of the molecule is CC(C)(O)CNc1ccc(C#N)cn1. The molecule has 0 amide bonds. The van der Waals surface area contributed by atoms with Crippen LogP contribution >= 0.6 is 0 Å². The third kappa shape index (κ3) is 3.42. The average Bonchev–Trinajstić information content (AvgIpc) is 2.14. The van der Waals surface area contributed by atoms with Crippen LogP contribution in [0.2, 0.25) is 0 Å². The van der Waals surface area contributed by atoms with Crippen molar-refractivity contribution in [2.75, 3.05) is 11.9 Å². The highest BCUT2D eigenvalue weighted by Crippen LogP contribution is 2.06. The third-order valence-electron chi connectivity index (χ3n) is 1.59. The Kier molecular flexibility index (Phi) is 3.05. The molecule has 1 aromatic heterocycles. The van der Waals surface area contributed by atoms with Crippen LogP contribution in [-0.4, -0.2) is 22.2 Å². The fraction of sp³-hybridized carbons (Fsp3) is 0.400. The van der Waals surface area contributed by atoms with Crippen molar-refractivity contribution in [2.45, 2.75) is 19.4 Å². The van der Waals surface area contributed by atoms with Gasteiger partial charge in [-0.25, -0.2) is 4.98 Å². The molecule has 4 heteroatoms. The molecule has 4 nitrogen and oxygen atoms in total. The minimum absolute atomic E-state index is 0.423. The molecular formula is C10H13N3O. The summed E-state index contributed by atoms with van der Waals surface area (Å²) in [6.45, 7) is 3.85. The van der Waals surface area contributed by atoms with Crippen molar-refractivity contribution in [1.82, 2.24) is 4.98 Å². The van der Waals surface area contributed by atoms with Crippen molar-refractivity contribution in [3.05, 3.63) is 23.9 Å². The van der Waals surface area contributed by atoms with E-state index in [2.05, 4.69) is 10.3 Å². The molecule has 0 aromatic carbocycles. The zero-order valence-electron chi connectivity index (χ0n) is 8.28. The van der Waals surface area contributed by atoms with Gasteiger partial charge in [0.2, 0.25) is 0 Å². The molecule has 1 aromatic rings. The fourth-order valence-corrected chi connectivity index (χ4v) is 0.871. The second kappa shape index (κ2) is 4.07. The van der Waals surface area contributed by atoms with Gasteiger partial charge in [-0.1, -0.05) is 0 Å². The molecule has 0 aliphatic carbocycles. The zero-order valence-corrected chi connectivity index (χ0v) is 8.28. The molecule has 0 spiro atoms. The van der Waals surface area contributed by atoms with Gasteiger partial charge in [-0.05, 0) is 26.0 Å². The summed E-state index contributed by atoms with van der Waals surface area (Å²) < 4.78 is 0. The molecule has 0 aliphatic rings. The first-order chi connectivity index (χ1) is 6.51. The smallest absolute Gasteiger partial charge is 0.126 e. The van der Waals surface area contributed by atoms with Crippen molar-refractivity contribution in [3.63, 3.8) is 0 Å². The molecule has 0 saturated carbocycles. The second-order valence-corrected chi connectivity index (χ2v) is 3.71. The Bertz CT molecular complexity index is 332. The summed E-state index contributed by atoms with van der Waals surface area (Å²) in [4.78, 5) is 4.01. The van der Waals surface area contributed by atoms with Crippen LogP contribution in [-0.2, 0) is 0 Å². The largest absolute Gasteiger partial charge is 0.389 e. The summed E-state index contributed by atoms with van der Waals surface area (Å²) in [6, 6.07) is 5.38. The van der Waals surface area contributed by atoms with Crippen LogP contribution < -0.4 is 5.32 Å². The van der Waals surface area contributed by atoms with E-state index in [1.807, 2.05) is 6.07 Å². The van der Waals surface area contributed by atoms with E-state index in [4.69, 9.17) is 5.26 Å². The Morgan fingerprint density at radius 1 is 1.57 bits per heavy atom. The molecule has 1 rings (SSSR count). The average molecular weight is 191 g/mol. The second-order valence-electron chi connectivity index (χ2n) is 3.71. The first kappa shape index (κ1) is 10.5. The maximum Gasteiger partial charge on any atom is 0.126 e. The fourth-order valence-electron chi connectivity index (χ4n) is 0.871. The molecule has 0 bridgehead atoms. The molecule has 0 saturated heterocycles. The van der Waals surface area contributed by atoms with E-state index in [0.29, 0.717) is 17.9 Å². The summed E-state index contributed by atoms with van der Waals surface area (Å²) >= 11 is 0.